The second-order valence-electron chi connectivity index (χ2n) is 7.44. The van der Waals surface area contributed by atoms with E-state index in [2.05, 4.69) is 15.4 Å². The second kappa shape index (κ2) is 8.60. The minimum absolute atomic E-state index is 0.0175. The summed E-state index contributed by atoms with van der Waals surface area (Å²) in [6, 6.07) is 6.17. The first-order valence-corrected chi connectivity index (χ1v) is 9.85. The molecule has 3 rings (SSSR count). The molecule has 2 aromatic rings. The van der Waals surface area contributed by atoms with Crippen molar-refractivity contribution in [3.63, 3.8) is 0 Å². The molecule has 14 heteroatoms. The minimum atomic E-state index is -5.98. The van der Waals surface area contributed by atoms with Gasteiger partial charge in [0.1, 0.15) is 5.54 Å². The lowest BCUT2D eigenvalue weighted by Crippen LogP contribution is -2.35. The molecule has 1 aliphatic carbocycles. The second-order valence-corrected chi connectivity index (χ2v) is 7.85. The molecule has 8 nitrogen and oxygen atoms in total. The van der Waals surface area contributed by atoms with Gasteiger partial charge in [-0.15, -0.1) is 0 Å². The Morgan fingerprint density at radius 1 is 1.38 bits per heavy atom. The highest BCUT2D eigenvalue weighted by atomic mass is 35.5. The van der Waals surface area contributed by atoms with Crippen LogP contribution in [-0.2, 0) is 13.0 Å². The SMILES string of the molecule is Cn1nc(C(F)(F)C(F)(F)F)c(O)c1N=CC(=CN)c1ccc(Cl)c(C(=O)NC2(C#N)CC2)c1. The maximum Gasteiger partial charge on any atom is 0.459 e. The standard InChI is InChI=1S/C20H16ClF5N6O2/c1-32-16(14(33)15(31-32)19(22,23)20(24,25)26)29-8-11(7-27)10-2-3-13(21)12(6-10)17(34)30-18(9-28)4-5-18/h2-3,6-8,33H,4-5,27H2,1H3,(H,30,34). The molecule has 1 fully saturated rings. The number of nitriles is 1. The van der Waals surface area contributed by atoms with E-state index in [9.17, 15) is 31.9 Å². The molecule has 34 heavy (non-hydrogen) atoms. The molecule has 0 bridgehead atoms. The largest absolute Gasteiger partial charge is 0.503 e. The minimum Gasteiger partial charge on any atom is -0.503 e. The van der Waals surface area contributed by atoms with E-state index < -0.39 is 40.8 Å². The fraction of sp³-hybridized carbons (Fsp3) is 0.300. The molecule has 4 N–H and O–H groups in total. The first kappa shape index (κ1) is 25.0. The van der Waals surface area contributed by atoms with Gasteiger partial charge in [-0.2, -0.15) is 32.3 Å². The summed E-state index contributed by atoms with van der Waals surface area (Å²) in [4.78, 5) is 16.3. The average Bonchev–Trinajstić information content (AvgIpc) is 3.47. The van der Waals surface area contributed by atoms with Gasteiger partial charge < -0.3 is 16.2 Å². The van der Waals surface area contributed by atoms with Crippen molar-refractivity contribution in [3.8, 4) is 11.8 Å². The van der Waals surface area contributed by atoms with E-state index in [1.54, 1.807) is 0 Å². The first-order chi connectivity index (χ1) is 15.8. The van der Waals surface area contributed by atoms with Gasteiger partial charge in [0.25, 0.3) is 5.91 Å². The molecule has 180 valence electrons. The number of alkyl halides is 5. The monoisotopic (exact) mass is 502 g/mol. The third-order valence-corrected chi connectivity index (χ3v) is 5.34. The number of hydrogen-bond donors (Lipinski definition) is 3. The molecule has 1 heterocycles. The van der Waals surface area contributed by atoms with Gasteiger partial charge in [0.05, 0.1) is 16.7 Å². The predicted molar refractivity (Wildman–Crippen MR) is 112 cm³/mol. The molecule has 1 aliphatic rings. The molecule has 0 unspecified atom stereocenters. The van der Waals surface area contributed by atoms with Gasteiger partial charge in [0.2, 0.25) is 0 Å². The lowest BCUT2D eigenvalue weighted by atomic mass is 10.0. The quantitative estimate of drug-likeness (QED) is 0.407. The molecular formula is C20H16ClF5N6O2. The molecule has 0 spiro atoms. The maximum atomic E-state index is 13.6. The van der Waals surface area contributed by atoms with Crippen LogP contribution in [0, 0.1) is 11.3 Å². The first-order valence-electron chi connectivity index (χ1n) is 9.47. The highest BCUT2D eigenvalue weighted by Crippen LogP contribution is 2.48. The molecular weight excluding hydrogens is 487 g/mol. The van der Waals surface area contributed by atoms with Crippen LogP contribution >= 0.6 is 11.6 Å². The number of rotatable bonds is 6. The summed E-state index contributed by atoms with van der Waals surface area (Å²) in [5.74, 6) is -8.16. The number of hydrogen-bond acceptors (Lipinski definition) is 6. The van der Waals surface area contributed by atoms with Crippen molar-refractivity contribution >= 4 is 35.1 Å². The van der Waals surface area contributed by atoms with Crippen LogP contribution in [0.4, 0.5) is 27.8 Å². The van der Waals surface area contributed by atoms with E-state index in [4.69, 9.17) is 22.6 Å². The summed E-state index contributed by atoms with van der Waals surface area (Å²) in [6.07, 6.45) is -2.97. The normalized spacial score (nSPS) is 15.9. The molecule has 1 aromatic carbocycles. The van der Waals surface area contributed by atoms with Crippen molar-refractivity contribution < 1.29 is 31.9 Å². The van der Waals surface area contributed by atoms with Crippen molar-refractivity contribution in [3.05, 3.63) is 46.2 Å². The Morgan fingerprint density at radius 2 is 2.03 bits per heavy atom. The third kappa shape index (κ3) is 4.54. The highest BCUT2D eigenvalue weighted by Gasteiger charge is 2.62. The Balaban J connectivity index is 1.92. The fourth-order valence-electron chi connectivity index (χ4n) is 2.89. The van der Waals surface area contributed by atoms with E-state index in [-0.39, 0.29) is 21.7 Å². The number of allylic oxidation sites excluding steroid dienone is 1. The van der Waals surface area contributed by atoms with Crippen molar-refractivity contribution in [2.75, 3.05) is 0 Å². The lowest BCUT2D eigenvalue weighted by Gasteiger charge is -2.17. The summed E-state index contributed by atoms with van der Waals surface area (Å²) < 4.78 is 65.8. The smallest absolute Gasteiger partial charge is 0.459 e. The van der Waals surface area contributed by atoms with Gasteiger partial charge in [-0.25, -0.2) is 9.67 Å². The number of carbonyl (C=O) groups is 1. The van der Waals surface area contributed by atoms with Crippen LogP contribution in [0.25, 0.3) is 5.57 Å². The summed E-state index contributed by atoms with van der Waals surface area (Å²) in [5.41, 5.74) is 3.15. The van der Waals surface area contributed by atoms with Crippen molar-refractivity contribution in [1.82, 2.24) is 15.1 Å². The fourth-order valence-corrected chi connectivity index (χ4v) is 3.10. The van der Waals surface area contributed by atoms with Gasteiger partial charge in [0.15, 0.2) is 17.3 Å². The van der Waals surface area contributed by atoms with Crippen LogP contribution in [-0.4, -0.2) is 38.7 Å². The summed E-state index contributed by atoms with van der Waals surface area (Å²) in [5, 5.41) is 24.8. The number of aryl methyl sites for hydroxylation is 1. The lowest BCUT2D eigenvalue weighted by molar-refractivity contribution is -0.291. The van der Waals surface area contributed by atoms with E-state index in [1.165, 1.54) is 18.2 Å². The van der Waals surface area contributed by atoms with Crippen LogP contribution in [0.5, 0.6) is 5.75 Å². The summed E-state index contributed by atoms with van der Waals surface area (Å²) in [6.45, 7) is 0. The van der Waals surface area contributed by atoms with E-state index in [1.807, 2.05) is 6.07 Å². The zero-order valence-electron chi connectivity index (χ0n) is 17.3. The average molecular weight is 503 g/mol. The van der Waals surface area contributed by atoms with Crippen LogP contribution in [0.1, 0.15) is 34.5 Å². The zero-order valence-corrected chi connectivity index (χ0v) is 18.0. The number of aromatic hydroxyl groups is 1. The Labute approximate surface area is 194 Å². The predicted octanol–water partition coefficient (Wildman–Crippen LogP) is 3.92. The third-order valence-electron chi connectivity index (χ3n) is 5.01. The van der Waals surface area contributed by atoms with Gasteiger partial charge in [0, 0.05) is 25.0 Å². The molecule has 0 radical (unpaired) electrons. The van der Waals surface area contributed by atoms with Crippen molar-refractivity contribution in [2.45, 2.75) is 30.5 Å². The molecule has 1 aromatic heterocycles. The Bertz CT molecular complexity index is 1240. The Morgan fingerprint density at radius 3 is 2.56 bits per heavy atom. The molecule has 0 atom stereocenters. The Kier molecular flexibility index (Phi) is 6.32. The number of aromatic nitrogens is 2. The van der Waals surface area contributed by atoms with Crippen molar-refractivity contribution in [2.24, 2.45) is 17.8 Å². The number of carbonyl (C=O) groups excluding carboxylic acids is 1. The summed E-state index contributed by atoms with van der Waals surface area (Å²) >= 11 is 6.09. The van der Waals surface area contributed by atoms with Crippen LogP contribution in [0.2, 0.25) is 5.02 Å². The maximum absolute atomic E-state index is 13.6. The van der Waals surface area contributed by atoms with Crippen LogP contribution < -0.4 is 11.1 Å². The topological polar surface area (TPSA) is 129 Å². The molecule has 1 saturated carbocycles. The van der Waals surface area contributed by atoms with Crippen LogP contribution in [0.3, 0.4) is 0 Å². The van der Waals surface area contributed by atoms with Crippen molar-refractivity contribution in [1.29, 1.82) is 5.26 Å². The number of amides is 1. The van der Waals surface area contributed by atoms with Crippen LogP contribution in [0.15, 0.2) is 29.4 Å². The van der Waals surface area contributed by atoms with E-state index >= 15 is 0 Å². The zero-order chi connectivity index (χ0) is 25.5. The number of aliphatic imine (C=N–C) groups is 1. The van der Waals surface area contributed by atoms with Gasteiger partial charge in [-0.3, -0.25) is 4.79 Å². The highest BCUT2D eigenvalue weighted by molar-refractivity contribution is 6.34. The van der Waals surface area contributed by atoms with Gasteiger partial charge >= 0.3 is 12.1 Å². The van der Waals surface area contributed by atoms with Gasteiger partial charge in [-0.1, -0.05) is 17.7 Å². The number of nitrogens with two attached hydrogens (primary N) is 1. The van der Waals surface area contributed by atoms with E-state index in [0.717, 1.165) is 19.5 Å². The van der Waals surface area contributed by atoms with E-state index in [0.29, 0.717) is 17.5 Å². The number of nitrogens with one attached hydrogen (secondary N) is 1. The summed E-state index contributed by atoms with van der Waals surface area (Å²) in [7, 11) is 1.02. The Hall–Kier alpha value is -3.66. The number of benzene rings is 1. The van der Waals surface area contributed by atoms with Gasteiger partial charge in [-0.05, 0) is 30.5 Å². The number of nitrogens with zero attached hydrogens (tertiary/aromatic N) is 4. The molecule has 0 saturated heterocycles. The molecule has 1 amide bonds. The molecule has 0 aliphatic heterocycles. The number of halogens is 6.